The van der Waals surface area contributed by atoms with Crippen LogP contribution < -0.4 is 9.64 Å². The van der Waals surface area contributed by atoms with E-state index < -0.39 is 5.60 Å². The Labute approximate surface area is 107 Å². The molecule has 0 saturated carbocycles. The first-order chi connectivity index (χ1) is 8.45. The number of aromatic hydroxyl groups is 1. The van der Waals surface area contributed by atoms with Crippen molar-refractivity contribution in [3.63, 3.8) is 0 Å². The maximum atomic E-state index is 12.3. The lowest BCUT2D eigenvalue weighted by Gasteiger charge is -2.38. The van der Waals surface area contributed by atoms with Crippen LogP contribution in [0.15, 0.2) is 18.2 Å². The highest BCUT2D eigenvalue weighted by Crippen LogP contribution is 2.39. The number of amides is 1. The van der Waals surface area contributed by atoms with Gasteiger partial charge in [0.05, 0.1) is 5.69 Å². The molecule has 0 fully saturated rings. The predicted molar refractivity (Wildman–Crippen MR) is 70.1 cm³/mol. The summed E-state index contributed by atoms with van der Waals surface area (Å²) in [5.74, 6) is 0.730. The molecule has 0 saturated heterocycles. The lowest BCUT2D eigenvalue weighted by molar-refractivity contribution is -0.132. The van der Waals surface area contributed by atoms with Crippen molar-refractivity contribution in [3.8, 4) is 11.5 Å². The smallest absolute Gasteiger partial charge is 0.270 e. The van der Waals surface area contributed by atoms with Crippen molar-refractivity contribution < 1.29 is 14.6 Å². The second-order valence-corrected chi connectivity index (χ2v) is 5.07. The number of hydrogen-bond acceptors (Lipinski definition) is 3. The molecule has 1 heterocycles. The Bertz CT molecular complexity index is 468. The summed E-state index contributed by atoms with van der Waals surface area (Å²) >= 11 is 0. The van der Waals surface area contributed by atoms with Crippen molar-refractivity contribution in [3.05, 3.63) is 18.2 Å². The van der Waals surface area contributed by atoms with E-state index in [-0.39, 0.29) is 11.7 Å². The summed E-state index contributed by atoms with van der Waals surface area (Å²) in [6.07, 6.45) is 1.94. The fourth-order valence-corrected chi connectivity index (χ4v) is 2.09. The Kier molecular flexibility index (Phi) is 3.20. The maximum absolute atomic E-state index is 12.3. The summed E-state index contributed by atoms with van der Waals surface area (Å²) in [6.45, 7) is 6.27. The van der Waals surface area contributed by atoms with Gasteiger partial charge >= 0.3 is 0 Å². The van der Waals surface area contributed by atoms with E-state index in [1.54, 1.807) is 36.9 Å². The van der Waals surface area contributed by atoms with Gasteiger partial charge in [0.1, 0.15) is 11.5 Å². The second kappa shape index (κ2) is 4.52. The van der Waals surface area contributed by atoms with Crippen LogP contribution in [0.2, 0.25) is 0 Å². The van der Waals surface area contributed by atoms with Crippen molar-refractivity contribution in [1.82, 2.24) is 0 Å². The van der Waals surface area contributed by atoms with Gasteiger partial charge in [-0.15, -0.1) is 0 Å². The molecule has 1 aromatic rings. The number of benzene rings is 1. The van der Waals surface area contributed by atoms with Crippen LogP contribution in [0.5, 0.6) is 11.5 Å². The molecule has 1 N–H and O–H groups in total. The van der Waals surface area contributed by atoms with E-state index in [0.29, 0.717) is 18.0 Å². The summed E-state index contributed by atoms with van der Waals surface area (Å²) < 4.78 is 5.69. The number of carbonyl (C=O) groups excluding carboxylic acids is 1. The van der Waals surface area contributed by atoms with Crippen LogP contribution in [-0.2, 0) is 4.79 Å². The number of phenolic OH excluding ortho intramolecular Hbond substituents is 1. The summed E-state index contributed by atoms with van der Waals surface area (Å²) in [5, 5.41) is 9.55. The molecule has 1 aliphatic rings. The highest BCUT2D eigenvalue weighted by molar-refractivity contribution is 6.02. The molecule has 0 aromatic heterocycles. The molecule has 2 rings (SSSR count). The fourth-order valence-electron chi connectivity index (χ4n) is 2.09. The van der Waals surface area contributed by atoms with E-state index in [2.05, 4.69) is 6.92 Å². The minimum absolute atomic E-state index is 0.0611. The van der Waals surface area contributed by atoms with E-state index in [1.165, 1.54) is 0 Å². The quantitative estimate of drug-likeness (QED) is 0.896. The van der Waals surface area contributed by atoms with Crippen LogP contribution >= 0.6 is 0 Å². The molecule has 0 unspecified atom stereocenters. The van der Waals surface area contributed by atoms with Gasteiger partial charge in [0.2, 0.25) is 0 Å². The number of nitrogens with zero attached hydrogens (tertiary/aromatic N) is 1. The molecule has 0 bridgehead atoms. The van der Waals surface area contributed by atoms with Crippen LogP contribution in [-0.4, -0.2) is 23.2 Å². The Morgan fingerprint density at radius 2 is 2.11 bits per heavy atom. The lowest BCUT2D eigenvalue weighted by atomic mass is 10.0. The third kappa shape index (κ3) is 2.15. The summed E-state index contributed by atoms with van der Waals surface area (Å²) in [6, 6.07) is 4.86. The Hall–Kier alpha value is -1.71. The van der Waals surface area contributed by atoms with Gasteiger partial charge in [0, 0.05) is 12.6 Å². The van der Waals surface area contributed by atoms with E-state index in [4.69, 9.17) is 4.74 Å². The zero-order chi connectivity index (χ0) is 13.3. The largest absolute Gasteiger partial charge is 0.508 e. The number of hydrogen-bond donors (Lipinski definition) is 1. The Morgan fingerprint density at radius 1 is 1.39 bits per heavy atom. The number of anilines is 1. The van der Waals surface area contributed by atoms with Gasteiger partial charge in [0.15, 0.2) is 5.60 Å². The molecule has 4 heteroatoms. The Morgan fingerprint density at radius 3 is 2.78 bits per heavy atom. The van der Waals surface area contributed by atoms with Crippen LogP contribution in [0, 0.1) is 0 Å². The van der Waals surface area contributed by atoms with Crippen molar-refractivity contribution in [2.24, 2.45) is 0 Å². The van der Waals surface area contributed by atoms with Crippen LogP contribution in [0.3, 0.4) is 0 Å². The molecular formula is C14H19NO3. The fraction of sp³-hybridized carbons (Fsp3) is 0.500. The molecule has 1 aliphatic heterocycles. The minimum Gasteiger partial charge on any atom is -0.508 e. The van der Waals surface area contributed by atoms with Gasteiger partial charge in [-0.05, 0) is 32.4 Å². The van der Waals surface area contributed by atoms with Gasteiger partial charge in [-0.1, -0.05) is 13.3 Å². The van der Waals surface area contributed by atoms with Crippen LogP contribution in [0.25, 0.3) is 0 Å². The first-order valence-electron chi connectivity index (χ1n) is 6.29. The van der Waals surface area contributed by atoms with Gasteiger partial charge in [-0.2, -0.15) is 0 Å². The van der Waals surface area contributed by atoms with E-state index >= 15 is 0 Å². The zero-order valence-corrected chi connectivity index (χ0v) is 11.1. The van der Waals surface area contributed by atoms with E-state index in [9.17, 15) is 9.90 Å². The molecule has 0 atom stereocenters. The minimum atomic E-state index is -0.849. The number of carbonyl (C=O) groups is 1. The molecule has 98 valence electrons. The number of fused-ring (bicyclic) bond motifs is 1. The molecule has 0 radical (unpaired) electrons. The second-order valence-electron chi connectivity index (χ2n) is 5.07. The summed E-state index contributed by atoms with van der Waals surface area (Å²) in [5.41, 5.74) is -0.190. The third-order valence-corrected chi connectivity index (χ3v) is 3.09. The number of rotatable bonds is 3. The number of phenols is 1. The molecule has 1 amide bonds. The Balaban J connectivity index is 2.43. The molecule has 1 aromatic carbocycles. The number of ether oxygens (including phenoxy) is 1. The van der Waals surface area contributed by atoms with E-state index in [0.717, 1.165) is 12.8 Å². The van der Waals surface area contributed by atoms with E-state index in [1.807, 2.05) is 0 Å². The summed E-state index contributed by atoms with van der Waals surface area (Å²) in [7, 11) is 0. The molecular weight excluding hydrogens is 230 g/mol. The van der Waals surface area contributed by atoms with Gasteiger partial charge < -0.3 is 14.7 Å². The first kappa shape index (κ1) is 12.7. The molecule has 0 spiro atoms. The highest BCUT2D eigenvalue weighted by atomic mass is 16.5. The highest BCUT2D eigenvalue weighted by Gasteiger charge is 2.40. The third-order valence-electron chi connectivity index (χ3n) is 3.09. The predicted octanol–water partition coefficient (Wildman–Crippen LogP) is 2.70. The molecule has 0 aliphatic carbocycles. The van der Waals surface area contributed by atoms with Crippen molar-refractivity contribution in [2.75, 3.05) is 11.4 Å². The standard InChI is InChI=1S/C14H19NO3/c1-4-5-8-15-11-9-10(16)6-7-12(11)18-14(2,3)13(15)17/h6-7,9,16H,4-5,8H2,1-3H3. The van der Waals surface area contributed by atoms with Gasteiger partial charge in [0.25, 0.3) is 5.91 Å². The average molecular weight is 249 g/mol. The van der Waals surface area contributed by atoms with Gasteiger partial charge in [-0.25, -0.2) is 0 Å². The normalized spacial score (nSPS) is 17.3. The van der Waals surface area contributed by atoms with Crippen molar-refractivity contribution >= 4 is 11.6 Å². The van der Waals surface area contributed by atoms with Crippen molar-refractivity contribution in [1.29, 1.82) is 0 Å². The van der Waals surface area contributed by atoms with Crippen LogP contribution in [0.1, 0.15) is 33.6 Å². The molecule has 4 nitrogen and oxygen atoms in total. The number of unbranched alkanes of at least 4 members (excludes halogenated alkanes) is 1. The maximum Gasteiger partial charge on any atom is 0.270 e. The lowest BCUT2D eigenvalue weighted by Crippen LogP contribution is -2.52. The van der Waals surface area contributed by atoms with Gasteiger partial charge in [-0.3, -0.25) is 4.79 Å². The monoisotopic (exact) mass is 249 g/mol. The van der Waals surface area contributed by atoms with Crippen LogP contribution in [0.4, 0.5) is 5.69 Å². The summed E-state index contributed by atoms with van der Waals surface area (Å²) in [4.78, 5) is 14.1. The SMILES string of the molecule is CCCCN1C(=O)C(C)(C)Oc2ccc(O)cc21. The first-order valence-corrected chi connectivity index (χ1v) is 6.29. The topological polar surface area (TPSA) is 49.8 Å². The molecule has 18 heavy (non-hydrogen) atoms. The zero-order valence-electron chi connectivity index (χ0n) is 11.1. The average Bonchev–Trinajstić information content (AvgIpc) is 2.31. The van der Waals surface area contributed by atoms with Crippen molar-refractivity contribution in [2.45, 2.75) is 39.2 Å².